The van der Waals surface area contributed by atoms with E-state index in [1.807, 2.05) is 6.07 Å². The van der Waals surface area contributed by atoms with Crippen LogP contribution in [-0.4, -0.2) is 20.2 Å². The SMILES string of the molecule is CNC(CCCc1cc(OC)ccc1Br)C1CC1. The molecule has 0 aliphatic heterocycles. The Morgan fingerprint density at radius 2 is 2.22 bits per heavy atom. The molecule has 0 heterocycles. The molecule has 1 aromatic rings. The summed E-state index contributed by atoms with van der Waals surface area (Å²) in [5, 5.41) is 3.45. The van der Waals surface area contributed by atoms with Crippen LogP contribution < -0.4 is 10.1 Å². The second kappa shape index (κ2) is 6.58. The molecule has 1 atom stereocenters. The molecule has 1 fully saturated rings. The lowest BCUT2D eigenvalue weighted by atomic mass is 10.0. The van der Waals surface area contributed by atoms with E-state index in [0.29, 0.717) is 0 Å². The van der Waals surface area contributed by atoms with Crippen LogP contribution in [0.5, 0.6) is 5.75 Å². The lowest BCUT2D eigenvalue weighted by molar-refractivity contribution is 0.413. The standard InChI is InChI=1S/C15H22BrNO/c1-17-15(11-6-7-11)5-3-4-12-10-13(18-2)8-9-14(12)16/h8-11,15,17H,3-7H2,1-2H3. The Morgan fingerprint density at radius 3 is 2.83 bits per heavy atom. The summed E-state index contributed by atoms with van der Waals surface area (Å²) >= 11 is 3.61. The molecule has 2 nitrogen and oxygen atoms in total. The minimum Gasteiger partial charge on any atom is -0.497 e. The molecule has 0 radical (unpaired) electrons. The summed E-state index contributed by atoms with van der Waals surface area (Å²) in [4.78, 5) is 0. The summed E-state index contributed by atoms with van der Waals surface area (Å²) in [5.41, 5.74) is 1.35. The number of halogens is 1. The summed E-state index contributed by atoms with van der Waals surface area (Å²) < 4.78 is 6.46. The first kappa shape index (κ1) is 13.9. The molecule has 0 spiro atoms. The van der Waals surface area contributed by atoms with Crippen LogP contribution in [0.15, 0.2) is 22.7 Å². The number of rotatable bonds is 7. The maximum atomic E-state index is 5.27. The van der Waals surface area contributed by atoms with E-state index in [2.05, 4.69) is 40.4 Å². The Labute approximate surface area is 118 Å². The van der Waals surface area contributed by atoms with Crippen molar-refractivity contribution in [2.45, 2.75) is 38.1 Å². The lowest BCUT2D eigenvalue weighted by Crippen LogP contribution is -2.27. The molecule has 100 valence electrons. The van der Waals surface area contributed by atoms with E-state index in [-0.39, 0.29) is 0 Å². The van der Waals surface area contributed by atoms with Gasteiger partial charge in [0.05, 0.1) is 7.11 Å². The molecule has 1 saturated carbocycles. The van der Waals surface area contributed by atoms with E-state index in [1.54, 1.807) is 7.11 Å². The van der Waals surface area contributed by atoms with Crippen molar-refractivity contribution in [2.24, 2.45) is 5.92 Å². The van der Waals surface area contributed by atoms with Crippen LogP contribution in [0.3, 0.4) is 0 Å². The summed E-state index contributed by atoms with van der Waals surface area (Å²) in [6.45, 7) is 0. The largest absolute Gasteiger partial charge is 0.497 e. The Balaban J connectivity index is 1.85. The Kier molecular flexibility index (Phi) is 5.07. The number of hydrogen-bond acceptors (Lipinski definition) is 2. The molecule has 0 bridgehead atoms. The average Bonchev–Trinajstić information content (AvgIpc) is 3.21. The van der Waals surface area contributed by atoms with E-state index >= 15 is 0 Å². The minimum absolute atomic E-state index is 0.717. The molecule has 0 aromatic heterocycles. The fourth-order valence-corrected chi connectivity index (χ4v) is 2.94. The summed E-state index contributed by atoms with van der Waals surface area (Å²) in [5.74, 6) is 1.88. The molecule has 1 N–H and O–H groups in total. The van der Waals surface area contributed by atoms with Crippen molar-refractivity contribution >= 4 is 15.9 Å². The van der Waals surface area contributed by atoms with Crippen LogP contribution in [0.2, 0.25) is 0 Å². The second-order valence-electron chi connectivity index (χ2n) is 5.08. The van der Waals surface area contributed by atoms with Crippen LogP contribution in [0.4, 0.5) is 0 Å². The van der Waals surface area contributed by atoms with Crippen molar-refractivity contribution in [3.05, 3.63) is 28.2 Å². The highest BCUT2D eigenvalue weighted by Gasteiger charge is 2.29. The number of nitrogens with one attached hydrogen (secondary N) is 1. The van der Waals surface area contributed by atoms with E-state index in [9.17, 15) is 0 Å². The summed E-state index contributed by atoms with van der Waals surface area (Å²) in [6.07, 6.45) is 6.43. The Hall–Kier alpha value is -0.540. The van der Waals surface area contributed by atoms with Crippen molar-refractivity contribution in [3.8, 4) is 5.75 Å². The highest BCUT2D eigenvalue weighted by molar-refractivity contribution is 9.10. The molecular weight excluding hydrogens is 290 g/mol. The third-order valence-corrected chi connectivity index (χ3v) is 4.55. The maximum Gasteiger partial charge on any atom is 0.119 e. The molecule has 1 aromatic carbocycles. The van der Waals surface area contributed by atoms with Crippen molar-refractivity contribution in [1.82, 2.24) is 5.32 Å². The van der Waals surface area contributed by atoms with E-state index in [4.69, 9.17) is 4.74 Å². The molecular formula is C15H22BrNO. The van der Waals surface area contributed by atoms with Gasteiger partial charge in [-0.3, -0.25) is 0 Å². The molecule has 1 aliphatic carbocycles. The van der Waals surface area contributed by atoms with Gasteiger partial charge < -0.3 is 10.1 Å². The van der Waals surface area contributed by atoms with E-state index in [1.165, 1.54) is 35.7 Å². The van der Waals surface area contributed by atoms with Crippen molar-refractivity contribution < 1.29 is 4.74 Å². The highest BCUT2D eigenvalue weighted by Crippen LogP contribution is 2.34. The number of methoxy groups -OCH3 is 1. The molecule has 0 amide bonds. The first-order chi connectivity index (χ1) is 8.74. The van der Waals surface area contributed by atoms with Crippen LogP contribution in [0.25, 0.3) is 0 Å². The Bertz CT molecular complexity index is 390. The zero-order valence-corrected chi connectivity index (χ0v) is 12.8. The smallest absolute Gasteiger partial charge is 0.119 e. The quantitative estimate of drug-likeness (QED) is 0.827. The van der Waals surface area contributed by atoms with Gasteiger partial charge in [0, 0.05) is 10.5 Å². The number of aryl methyl sites for hydroxylation is 1. The second-order valence-corrected chi connectivity index (χ2v) is 5.94. The first-order valence-electron chi connectivity index (χ1n) is 6.74. The van der Waals surface area contributed by atoms with Gasteiger partial charge >= 0.3 is 0 Å². The van der Waals surface area contributed by atoms with Crippen LogP contribution in [0, 0.1) is 5.92 Å². The molecule has 18 heavy (non-hydrogen) atoms. The number of hydrogen-bond donors (Lipinski definition) is 1. The summed E-state index contributed by atoms with van der Waals surface area (Å²) in [7, 11) is 3.81. The highest BCUT2D eigenvalue weighted by atomic mass is 79.9. The molecule has 1 aliphatic rings. The lowest BCUT2D eigenvalue weighted by Gasteiger charge is -2.15. The number of ether oxygens (including phenoxy) is 1. The van der Waals surface area contributed by atoms with Gasteiger partial charge in [0.25, 0.3) is 0 Å². The van der Waals surface area contributed by atoms with Gasteiger partial charge in [-0.15, -0.1) is 0 Å². The van der Waals surface area contributed by atoms with Crippen molar-refractivity contribution in [3.63, 3.8) is 0 Å². The average molecular weight is 312 g/mol. The van der Waals surface area contributed by atoms with Crippen molar-refractivity contribution in [2.75, 3.05) is 14.2 Å². The van der Waals surface area contributed by atoms with Crippen molar-refractivity contribution in [1.29, 1.82) is 0 Å². The van der Waals surface area contributed by atoms with Crippen LogP contribution in [-0.2, 0) is 6.42 Å². The van der Waals surface area contributed by atoms with Gasteiger partial charge in [0.2, 0.25) is 0 Å². The summed E-state index contributed by atoms with van der Waals surface area (Å²) in [6, 6.07) is 6.92. The van der Waals surface area contributed by atoms with Crippen LogP contribution >= 0.6 is 15.9 Å². The van der Waals surface area contributed by atoms with Gasteiger partial charge in [0.1, 0.15) is 5.75 Å². The Morgan fingerprint density at radius 1 is 1.44 bits per heavy atom. The molecule has 3 heteroatoms. The maximum absolute atomic E-state index is 5.27. The number of benzene rings is 1. The molecule has 0 saturated heterocycles. The fraction of sp³-hybridized carbons (Fsp3) is 0.600. The monoisotopic (exact) mass is 311 g/mol. The predicted molar refractivity (Wildman–Crippen MR) is 79.2 cm³/mol. The molecule has 1 unspecified atom stereocenters. The van der Waals surface area contributed by atoms with Gasteiger partial charge in [0.15, 0.2) is 0 Å². The third kappa shape index (κ3) is 3.72. The molecule has 2 rings (SSSR count). The zero-order valence-electron chi connectivity index (χ0n) is 11.2. The minimum atomic E-state index is 0.717. The van der Waals surface area contributed by atoms with Gasteiger partial charge in [-0.05, 0) is 68.8 Å². The van der Waals surface area contributed by atoms with Gasteiger partial charge in [-0.25, -0.2) is 0 Å². The predicted octanol–water partition coefficient (Wildman–Crippen LogP) is 3.78. The van der Waals surface area contributed by atoms with Gasteiger partial charge in [-0.1, -0.05) is 15.9 Å². The topological polar surface area (TPSA) is 21.3 Å². The first-order valence-corrected chi connectivity index (χ1v) is 7.53. The fourth-order valence-electron chi connectivity index (χ4n) is 2.50. The zero-order chi connectivity index (χ0) is 13.0. The van der Waals surface area contributed by atoms with Gasteiger partial charge in [-0.2, -0.15) is 0 Å². The van der Waals surface area contributed by atoms with E-state index < -0.39 is 0 Å². The van der Waals surface area contributed by atoms with E-state index in [0.717, 1.165) is 24.1 Å². The third-order valence-electron chi connectivity index (χ3n) is 3.78. The van der Waals surface area contributed by atoms with Crippen LogP contribution in [0.1, 0.15) is 31.2 Å². The normalized spacial score (nSPS) is 16.6.